The molecule has 1 saturated carbocycles. The zero-order chi connectivity index (χ0) is 15.6. The summed E-state index contributed by atoms with van der Waals surface area (Å²) in [6.45, 7) is 4.31. The molecule has 3 nitrogen and oxygen atoms in total. The van der Waals surface area contributed by atoms with Crippen molar-refractivity contribution in [1.29, 1.82) is 0 Å². The lowest BCUT2D eigenvalue weighted by Gasteiger charge is -2.23. The molecule has 0 spiro atoms. The number of ether oxygens (including phenoxy) is 2. The topological polar surface area (TPSA) is 30.5 Å². The van der Waals surface area contributed by atoms with Gasteiger partial charge < -0.3 is 14.8 Å². The molecule has 1 aliphatic carbocycles. The Kier molecular flexibility index (Phi) is 3.96. The maximum absolute atomic E-state index is 5.74. The van der Waals surface area contributed by atoms with E-state index >= 15 is 0 Å². The Hall–Kier alpha value is -2.00. The van der Waals surface area contributed by atoms with Gasteiger partial charge in [-0.1, -0.05) is 35.9 Å². The molecule has 0 bridgehead atoms. The van der Waals surface area contributed by atoms with E-state index in [2.05, 4.69) is 48.6 Å². The number of aryl methyl sites for hydroxylation is 1. The minimum atomic E-state index is 0.395. The van der Waals surface area contributed by atoms with Crippen molar-refractivity contribution in [2.75, 3.05) is 13.2 Å². The maximum atomic E-state index is 5.74. The quantitative estimate of drug-likeness (QED) is 0.905. The normalized spacial score (nSPS) is 17.8. The molecule has 1 aliphatic heterocycles. The van der Waals surface area contributed by atoms with Crippen molar-refractivity contribution in [2.24, 2.45) is 5.92 Å². The van der Waals surface area contributed by atoms with E-state index in [1.54, 1.807) is 0 Å². The highest BCUT2D eigenvalue weighted by atomic mass is 16.6. The zero-order valence-electron chi connectivity index (χ0n) is 13.5. The first-order chi connectivity index (χ1) is 11.3. The fourth-order valence-electron chi connectivity index (χ4n) is 3.17. The molecule has 1 unspecified atom stereocenters. The van der Waals surface area contributed by atoms with Gasteiger partial charge in [0.25, 0.3) is 0 Å². The lowest BCUT2D eigenvalue weighted by atomic mass is 10.0. The van der Waals surface area contributed by atoms with Crippen LogP contribution >= 0.6 is 0 Å². The number of hydrogen-bond donors (Lipinski definition) is 1. The highest BCUT2D eigenvalue weighted by molar-refractivity contribution is 5.45. The van der Waals surface area contributed by atoms with Gasteiger partial charge in [0.15, 0.2) is 11.5 Å². The number of benzene rings is 2. The third kappa shape index (κ3) is 3.35. The number of rotatable bonds is 5. The summed E-state index contributed by atoms with van der Waals surface area (Å²) in [5, 5.41) is 3.74. The fourth-order valence-corrected chi connectivity index (χ4v) is 3.17. The van der Waals surface area contributed by atoms with Gasteiger partial charge in [-0.15, -0.1) is 0 Å². The molecule has 1 fully saturated rings. The maximum Gasteiger partial charge on any atom is 0.161 e. The molecule has 0 aromatic heterocycles. The summed E-state index contributed by atoms with van der Waals surface area (Å²) < 4.78 is 11.4. The number of hydrogen-bond acceptors (Lipinski definition) is 3. The Morgan fingerprint density at radius 3 is 2.48 bits per heavy atom. The molecule has 1 heterocycles. The molecule has 1 atom stereocenters. The van der Waals surface area contributed by atoms with Crippen molar-refractivity contribution in [1.82, 2.24) is 5.32 Å². The van der Waals surface area contributed by atoms with Crippen LogP contribution in [-0.2, 0) is 6.54 Å². The second-order valence-corrected chi connectivity index (χ2v) is 6.58. The van der Waals surface area contributed by atoms with Gasteiger partial charge in [-0.25, -0.2) is 0 Å². The lowest BCUT2D eigenvalue weighted by molar-refractivity contribution is 0.171. The summed E-state index contributed by atoms with van der Waals surface area (Å²) in [5.74, 6) is 2.49. The molecule has 0 amide bonds. The predicted octanol–water partition coefficient (Wildman–Crippen LogP) is 4.01. The van der Waals surface area contributed by atoms with Crippen LogP contribution < -0.4 is 14.8 Å². The minimum absolute atomic E-state index is 0.395. The van der Waals surface area contributed by atoms with Crippen LogP contribution in [0.25, 0.3) is 0 Å². The van der Waals surface area contributed by atoms with Crippen LogP contribution in [0.5, 0.6) is 11.5 Å². The monoisotopic (exact) mass is 309 g/mol. The highest BCUT2D eigenvalue weighted by Gasteiger charge is 2.32. The average molecular weight is 309 g/mol. The van der Waals surface area contributed by atoms with Crippen LogP contribution in [0, 0.1) is 12.8 Å². The van der Waals surface area contributed by atoms with Crippen LogP contribution in [0.2, 0.25) is 0 Å². The summed E-state index contributed by atoms with van der Waals surface area (Å²) >= 11 is 0. The molecule has 3 heteroatoms. The van der Waals surface area contributed by atoms with Gasteiger partial charge in [-0.05, 0) is 48.9 Å². The third-order valence-electron chi connectivity index (χ3n) is 4.67. The van der Waals surface area contributed by atoms with E-state index in [9.17, 15) is 0 Å². The standard InChI is InChI=1S/C20H23NO2/c1-14-2-4-15(5-3-14)13-21-20(16-6-7-16)17-8-9-18-19(12-17)23-11-10-22-18/h2-5,8-9,12,16,20-21H,6-7,10-11,13H2,1H3. The third-order valence-corrected chi connectivity index (χ3v) is 4.67. The molecule has 2 aromatic carbocycles. The Labute approximate surface area is 137 Å². The summed E-state index contributed by atoms with van der Waals surface area (Å²) in [4.78, 5) is 0. The second kappa shape index (κ2) is 6.25. The Morgan fingerprint density at radius 1 is 1.00 bits per heavy atom. The van der Waals surface area contributed by atoms with E-state index in [0.29, 0.717) is 19.3 Å². The van der Waals surface area contributed by atoms with E-state index in [0.717, 1.165) is 24.0 Å². The van der Waals surface area contributed by atoms with Crippen molar-refractivity contribution in [3.8, 4) is 11.5 Å². The van der Waals surface area contributed by atoms with Gasteiger partial charge >= 0.3 is 0 Å². The molecule has 2 aromatic rings. The fraction of sp³-hybridized carbons (Fsp3) is 0.400. The Morgan fingerprint density at radius 2 is 1.74 bits per heavy atom. The largest absolute Gasteiger partial charge is 0.486 e. The van der Waals surface area contributed by atoms with Gasteiger partial charge in [0.2, 0.25) is 0 Å². The molecule has 4 rings (SSSR count). The molecule has 120 valence electrons. The van der Waals surface area contributed by atoms with E-state index < -0.39 is 0 Å². The van der Waals surface area contributed by atoms with Crippen LogP contribution in [0.1, 0.15) is 35.6 Å². The van der Waals surface area contributed by atoms with Crippen LogP contribution in [0.3, 0.4) is 0 Å². The lowest BCUT2D eigenvalue weighted by Crippen LogP contribution is -2.23. The molecular formula is C20H23NO2. The van der Waals surface area contributed by atoms with Gasteiger partial charge in [0.1, 0.15) is 13.2 Å². The van der Waals surface area contributed by atoms with Crippen LogP contribution in [-0.4, -0.2) is 13.2 Å². The van der Waals surface area contributed by atoms with Gasteiger partial charge in [0.05, 0.1) is 0 Å². The zero-order valence-corrected chi connectivity index (χ0v) is 13.5. The van der Waals surface area contributed by atoms with Crippen LogP contribution in [0.4, 0.5) is 0 Å². The van der Waals surface area contributed by atoms with Crippen molar-refractivity contribution in [3.05, 3.63) is 59.2 Å². The smallest absolute Gasteiger partial charge is 0.161 e. The van der Waals surface area contributed by atoms with Gasteiger partial charge in [-0.2, -0.15) is 0 Å². The summed E-state index contributed by atoms with van der Waals surface area (Å²) in [5.41, 5.74) is 3.95. The summed E-state index contributed by atoms with van der Waals surface area (Å²) in [6, 6.07) is 15.5. The van der Waals surface area contributed by atoms with Crippen molar-refractivity contribution < 1.29 is 9.47 Å². The molecule has 0 radical (unpaired) electrons. The average Bonchev–Trinajstić information content (AvgIpc) is 3.42. The van der Waals surface area contributed by atoms with Gasteiger partial charge in [-0.3, -0.25) is 0 Å². The molecule has 23 heavy (non-hydrogen) atoms. The Balaban J connectivity index is 1.50. The summed E-state index contributed by atoms with van der Waals surface area (Å²) in [7, 11) is 0. The van der Waals surface area contributed by atoms with Crippen LogP contribution in [0.15, 0.2) is 42.5 Å². The van der Waals surface area contributed by atoms with Crippen molar-refractivity contribution in [2.45, 2.75) is 32.4 Å². The SMILES string of the molecule is Cc1ccc(CNC(c2ccc3c(c2)OCCO3)C2CC2)cc1. The molecule has 1 N–H and O–H groups in total. The van der Waals surface area contributed by atoms with E-state index in [1.165, 1.54) is 29.5 Å². The first-order valence-corrected chi connectivity index (χ1v) is 8.48. The van der Waals surface area contributed by atoms with E-state index in [1.807, 2.05) is 6.07 Å². The summed E-state index contributed by atoms with van der Waals surface area (Å²) in [6.07, 6.45) is 2.61. The molecule has 0 saturated heterocycles. The minimum Gasteiger partial charge on any atom is -0.486 e. The van der Waals surface area contributed by atoms with Crippen molar-refractivity contribution >= 4 is 0 Å². The first kappa shape index (κ1) is 14.6. The van der Waals surface area contributed by atoms with E-state index in [-0.39, 0.29) is 0 Å². The number of nitrogens with one attached hydrogen (secondary N) is 1. The predicted molar refractivity (Wildman–Crippen MR) is 90.9 cm³/mol. The molecule has 2 aliphatic rings. The highest BCUT2D eigenvalue weighted by Crippen LogP contribution is 2.43. The first-order valence-electron chi connectivity index (χ1n) is 8.48. The van der Waals surface area contributed by atoms with Gasteiger partial charge in [0, 0.05) is 12.6 Å². The Bertz CT molecular complexity index is 677. The van der Waals surface area contributed by atoms with E-state index in [4.69, 9.17) is 9.47 Å². The molecular weight excluding hydrogens is 286 g/mol. The van der Waals surface area contributed by atoms with Crippen molar-refractivity contribution in [3.63, 3.8) is 0 Å². The number of fused-ring (bicyclic) bond motifs is 1. The second-order valence-electron chi connectivity index (χ2n) is 6.58.